The fraction of sp³-hybridized carbons (Fsp3) is 0.600. The number of carbonyl (C=O) groups is 1. The number of methoxy groups -OCH3 is 1. The molecule has 7 nitrogen and oxygen atoms in total. The van der Waals surface area contributed by atoms with Crippen LogP contribution in [0.5, 0.6) is 11.5 Å². The zero-order valence-electron chi connectivity index (χ0n) is 20.3. The molecule has 2 aromatic rings. The van der Waals surface area contributed by atoms with Crippen molar-refractivity contribution in [2.45, 2.75) is 78.3 Å². The van der Waals surface area contributed by atoms with Gasteiger partial charge in [-0.3, -0.25) is 9.78 Å². The number of amides is 1. The monoisotopic (exact) mass is 444 g/mol. The number of carbonyl (C=O) groups excluding carboxylic acids is 1. The molecule has 2 atom stereocenters. The smallest absolute Gasteiger partial charge is 0.236 e. The molecular formula is C25H40N4O3. The molecule has 0 saturated carbocycles. The quantitative estimate of drug-likeness (QED) is 0.370. The highest BCUT2D eigenvalue weighted by atomic mass is 16.5. The fourth-order valence-electron chi connectivity index (χ4n) is 3.66. The highest BCUT2D eigenvalue weighted by Gasteiger charge is 2.18. The van der Waals surface area contributed by atoms with Gasteiger partial charge in [-0.1, -0.05) is 26.2 Å². The molecule has 0 aliphatic carbocycles. The normalized spacial score (nSPS) is 12.9. The van der Waals surface area contributed by atoms with Crippen molar-refractivity contribution in [1.82, 2.24) is 10.3 Å². The SMILES string of the molecule is CCCCCCOc1c(OC)cc(NC(C)CCCNC(=O)[C@H](C)N)c2nccc(C)c12. The average Bonchev–Trinajstić information content (AvgIpc) is 2.77. The lowest BCUT2D eigenvalue weighted by Crippen LogP contribution is -2.38. The summed E-state index contributed by atoms with van der Waals surface area (Å²) in [6.07, 6.45) is 8.18. The van der Waals surface area contributed by atoms with E-state index in [1.54, 1.807) is 14.0 Å². The van der Waals surface area contributed by atoms with Gasteiger partial charge in [0.15, 0.2) is 11.5 Å². The van der Waals surface area contributed by atoms with Crippen LogP contribution in [0.15, 0.2) is 18.3 Å². The van der Waals surface area contributed by atoms with Crippen molar-refractivity contribution in [1.29, 1.82) is 0 Å². The predicted molar refractivity (Wildman–Crippen MR) is 132 cm³/mol. The number of nitrogens with two attached hydrogens (primary N) is 1. The number of fused-ring (bicyclic) bond motifs is 1. The number of nitrogens with zero attached hydrogens (tertiary/aromatic N) is 1. The average molecular weight is 445 g/mol. The summed E-state index contributed by atoms with van der Waals surface area (Å²) >= 11 is 0. The van der Waals surface area contributed by atoms with Gasteiger partial charge >= 0.3 is 0 Å². The number of hydrogen-bond donors (Lipinski definition) is 3. The summed E-state index contributed by atoms with van der Waals surface area (Å²) in [4.78, 5) is 16.3. The highest BCUT2D eigenvalue weighted by molar-refractivity contribution is 5.99. The van der Waals surface area contributed by atoms with Gasteiger partial charge in [0.2, 0.25) is 5.91 Å². The maximum Gasteiger partial charge on any atom is 0.236 e. The lowest BCUT2D eigenvalue weighted by molar-refractivity contribution is -0.121. The zero-order valence-corrected chi connectivity index (χ0v) is 20.3. The third-order valence-corrected chi connectivity index (χ3v) is 5.53. The summed E-state index contributed by atoms with van der Waals surface area (Å²) in [5.41, 5.74) is 8.49. The minimum Gasteiger partial charge on any atom is -0.493 e. The molecule has 0 spiro atoms. The Morgan fingerprint density at radius 3 is 2.69 bits per heavy atom. The number of unbranched alkanes of at least 4 members (excludes halogenated alkanes) is 3. The first-order valence-corrected chi connectivity index (χ1v) is 11.8. The number of aromatic nitrogens is 1. The molecule has 1 amide bonds. The number of rotatable bonds is 14. The summed E-state index contributed by atoms with van der Waals surface area (Å²) in [5.74, 6) is 1.36. The molecule has 0 saturated heterocycles. The largest absolute Gasteiger partial charge is 0.493 e. The summed E-state index contributed by atoms with van der Waals surface area (Å²) in [7, 11) is 1.67. The fourth-order valence-corrected chi connectivity index (χ4v) is 3.66. The summed E-state index contributed by atoms with van der Waals surface area (Å²) < 4.78 is 11.9. The molecule has 178 valence electrons. The lowest BCUT2D eigenvalue weighted by atomic mass is 10.1. The Balaban J connectivity index is 2.14. The third-order valence-electron chi connectivity index (χ3n) is 5.53. The van der Waals surface area contributed by atoms with Crippen molar-refractivity contribution in [2.75, 3.05) is 25.6 Å². The van der Waals surface area contributed by atoms with Crippen LogP contribution in [0.4, 0.5) is 5.69 Å². The Morgan fingerprint density at radius 2 is 2.00 bits per heavy atom. The van der Waals surface area contributed by atoms with Gasteiger partial charge in [0.1, 0.15) is 0 Å². The molecule has 1 aromatic carbocycles. The molecule has 0 bridgehead atoms. The van der Waals surface area contributed by atoms with E-state index in [1.807, 2.05) is 18.3 Å². The van der Waals surface area contributed by atoms with Gasteiger partial charge in [0.25, 0.3) is 0 Å². The Morgan fingerprint density at radius 1 is 1.22 bits per heavy atom. The molecule has 4 N–H and O–H groups in total. The predicted octanol–water partition coefficient (Wildman–Crippen LogP) is 4.55. The van der Waals surface area contributed by atoms with Crippen LogP contribution in [0.25, 0.3) is 10.9 Å². The van der Waals surface area contributed by atoms with Crippen molar-refractivity contribution < 1.29 is 14.3 Å². The minimum atomic E-state index is -0.480. The molecule has 32 heavy (non-hydrogen) atoms. The Bertz CT molecular complexity index is 870. The second-order valence-corrected chi connectivity index (χ2v) is 8.48. The molecule has 1 heterocycles. The van der Waals surface area contributed by atoms with E-state index in [0.717, 1.165) is 53.6 Å². The molecule has 0 aliphatic heterocycles. The lowest BCUT2D eigenvalue weighted by Gasteiger charge is -2.21. The first kappa shape index (κ1) is 25.7. The summed E-state index contributed by atoms with van der Waals surface area (Å²) in [6, 6.07) is 3.69. The van der Waals surface area contributed by atoms with E-state index in [9.17, 15) is 4.79 Å². The van der Waals surface area contributed by atoms with E-state index in [2.05, 4.69) is 36.4 Å². The van der Waals surface area contributed by atoms with Gasteiger partial charge in [-0.2, -0.15) is 0 Å². The van der Waals surface area contributed by atoms with Gasteiger partial charge in [0, 0.05) is 24.8 Å². The minimum absolute atomic E-state index is 0.119. The molecule has 0 aliphatic rings. The molecule has 0 fully saturated rings. The second-order valence-electron chi connectivity index (χ2n) is 8.48. The van der Waals surface area contributed by atoms with E-state index >= 15 is 0 Å². The van der Waals surface area contributed by atoms with Gasteiger partial charge in [0.05, 0.1) is 36.3 Å². The second kappa shape index (κ2) is 13.1. The van der Waals surface area contributed by atoms with E-state index in [1.165, 1.54) is 12.8 Å². The van der Waals surface area contributed by atoms with Crippen molar-refractivity contribution >= 4 is 22.5 Å². The van der Waals surface area contributed by atoms with E-state index < -0.39 is 6.04 Å². The van der Waals surface area contributed by atoms with Gasteiger partial charge in [-0.15, -0.1) is 0 Å². The van der Waals surface area contributed by atoms with Crippen LogP contribution < -0.4 is 25.8 Å². The molecule has 0 radical (unpaired) electrons. The van der Waals surface area contributed by atoms with Crippen LogP contribution in [-0.4, -0.2) is 43.2 Å². The maximum atomic E-state index is 11.6. The zero-order chi connectivity index (χ0) is 23.5. The third kappa shape index (κ3) is 7.26. The van der Waals surface area contributed by atoms with Crippen molar-refractivity contribution in [2.24, 2.45) is 5.73 Å². The standard InChI is InChI=1S/C25H40N4O3/c1-6-7-8-9-15-32-24-21(31-5)16-20(23-22(24)17(2)12-14-27-23)29-18(3)11-10-13-28-25(30)19(4)26/h12,14,16,18-19,29H,6-11,13,15,26H2,1-5H3,(H,28,30)/t18?,19-/m0/s1. The van der Waals surface area contributed by atoms with Crippen molar-refractivity contribution in [3.05, 3.63) is 23.9 Å². The molecule has 1 aromatic heterocycles. The van der Waals surface area contributed by atoms with Crippen LogP contribution in [0, 0.1) is 6.92 Å². The van der Waals surface area contributed by atoms with Gasteiger partial charge in [-0.25, -0.2) is 0 Å². The van der Waals surface area contributed by atoms with Gasteiger partial charge < -0.3 is 25.8 Å². The van der Waals surface area contributed by atoms with Gasteiger partial charge in [-0.05, 0) is 51.7 Å². The number of aryl methyl sites for hydroxylation is 1. The van der Waals surface area contributed by atoms with Crippen LogP contribution >= 0.6 is 0 Å². The Hall–Kier alpha value is -2.54. The molecule has 7 heteroatoms. The number of anilines is 1. The number of nitrogens with one attached hydrogen (secondary N) is 2. The van der Waals surface area contributed by atoms with E-state index in [0.29, 0.717) is 18.9 Å². The highest BCUT2D eigenvalue weighted by Crippen LogP contribution is 2.41. The van der Waals surface area contributed by atoms with Crippen molar-refractivity contribution in [3.63, 3.8) is 0 Å². The van der Waals surface area contributed by atoms with Crippen LogP contribution in [-0.2, 0) is 4.79 Å². The summed E-state index contributed by atoms with van der Waals surface area (Å²) in [6.45, 7) is 9.36. The summed E-state index contributed by atoms with van der Waals surface area (Å²) in [5, 5.41) is 7.42. The maximum absolute atomic E-state index is 11.6. The first-order valence-electron chi connectivity index (χ1n) is 11.8. The van der Waals surface area contributed by atoms with E-state index in [-0.39, 0.29) is 11.9 Å². The van der Waals surface area contributed by atoms with Crippen LogP contribution in [0.1, 0.15) is 64.9 Å². The first-order chi connectivity index (χ1) is 15.4. The Labute approximate surface area is 192 Å². The number of hydrogen-bond acceptors (Lipinski definition) is 6. The van der Waals surface area contributed by atoms with E-state index in [4.69, 9.17) is 15.2 Å². The number of pyridine rings is 1. The number of ether oxygens (including phenoxy) is 2. The molecular weight excluding hydrogens is 404 g/mol. The molecule has 1 unspecified atom stereocenters. The topological polar surface area (TPSA) is 98.5 Å². The van der Waals surface area contributed by atoms with Crippen LogP contribution in [0.3, 0.4) is 0 Å². The van der Waals surface area contributed by atoms with Crippen molar-refractivity contribution in [3.8, 4) is 11.5 Å². The van der Waals surface area contributed by atoms with Crippen LogP contribution in [0.2, 0.25) is 0 Å². The number of benzene rings is 1. The molecule has 2 rings (SSSR count). The Kier molecular flexibility index (Phi) is 10.5.